The maximum absolute atomic E-state index is 12.7. The van der Waals surface area contributed by atoms with Crippen LogP contribution < -0.4 is 10.6 Å². The number of H-pyrrole nitrogens is 1. The van der Waals surface area contributed by atoms with Crippen molar-refractivity contribution in [3.8, 4) is 0 Å². The quantitative estimate of drug-likeness (QED) is 0.811. The van der Waals surface area contributed by atoms with Gasteiger partial charge >= 0.3 is 0 Å². The van der Waals surface area contributed by atoms with Crippen molar-refractivity contribution in [3.05, 3.63) is 24.0 Å². The number of aromatic amines is 1. The number of amides is 1. The Labute approximate surface area is 124 Å². The molecule has 0 bridgehead atoms. The summed E-state index contributed by atoms with van der Waals surface area (Å²) in [5.74, 6) is 1.30. The first-order valence-electron chi connectivity index (χ1n) is 7.50. The molecule has 1 aromatic heterocycles. The van der Waals surface area contributed by atoms with Crippen molar-refractivity contribution in [3.63, 3.8) is 0 Å². The van der Waals surface area contributed by atoms with Crippen molar-refractivity contribution >= 4 is 22.6 Å². The molecule has 5 nitrogen and oxygen atoms in total. The van der Waals surface area contributed by atoms with E-state index in [0.717, 1.165) is 42.1 Å². The highest BCUT2D eigenvalue weighted by Gasteiger charge is 2.43. The van der Waals surface area contributed by atoms with Crippen molar-refractivity contribution in [1.82, 2.24) is 15.3 Å². The molecule has 1 unspecified atom stereocenters. The van der Waals surface area contributed by atoms with Gasteiger partial charge < -0.3 is 15.6 Å². The van der Waals surface area contributed by atoms with Crippen LogP contribution in [0.3, 0.4) is 0 Å². The molecule has 21 heavy (non-hydrogen) atoms. The second-order valence-electron chi connectivity index (χ2n) is 6.25. The van der Waals surface area contributed by atoms with E-state index in [1.165, 1.54) is 0 Å². The van der Waals surface area contributed by atoms with E-state index in [1.807, 2.05) is 25.1 Å². The van der Waals surface area contributed by atoms with Crippen molar-refractivity contribution in [2.75, 3.05) is 18.4 Å². The number of benzene rings is 1. The highest BCUT2D eigenvalue weighted by Crippen LogP contribution is 2.35. The summed E-state index contributed by atoms with van der Waals surface area (Å²) in [6, 6.07) is 5.80. The molecule has 1 aromatic carbocycles. The maximum atomic E-state index is 12.7. The van der Waals surface area contributed by atoms with Crippen molar-refractivity contribution in [2.45, 2.75) is 27.2 Å². The number of carbonyl (C=O) groups is 1. The number of carbonyl (C=O) groups excluding carboxylic acids is 1. The minimum Gasteiger partial charge on any atom is -0.342 e. The van der Waals surface area contributed by atoms with Crippen molar-refractivity contribution in [1.29, 1.82) is 0 Å². The third-order valence-corrected chi connectivity index (χ3v) is 4.60. The lowest BCUT2D eigenvalue weighted by molar-refractivity contribution is -0.126. The van der Waals surface area contributed by atoms with Crippen LogP contribution in [0.4, 0.5) is 5.69 Å². The van der Waals surface area contributed by atoms with E-state index >= 15 is 0 Å². The molecule has 5 heteroatoms. The lowest BCUT2D eigenvalue weighted by Gasteiger charge is -2.31. The SMILES string of the molecule is Cc1nc2ccc(NC(=O)C3(C(C)C)CCNC3)cc2[nH]1. The van der Waals surface area contributed by atoms with Crippen LogP contribution in [0.2, 0.25) is 0 Å². The van der Waals surface area contributed by atoms with Gasteiger partial charge in [-0.15, -0.1) is 0 Å². The molecule has 1 fully saturated rings. The van der Waals surface area contributed by atoms with Crippen molar-refractivity contribution < 1.29 is 4.79 Å². The lowest BCUT2D eigenvalue weighted by atomic mass is 9.75. The largest absolute Gasteiger partial charge is 0.342 e. The molecule has 112 valence electrons. The zero-order chi connectivity index (χ0) is 15.0. The highest BCUT2D eigenvalue weighted by atomic mass is 16.2. The van der Waals surface area contributed by atoms with Gasteiger partial charge in [0.05, 0.1) is 16.4 Å². The summed E-state index contributed by atoms with van der Waals surface area (Å²) in [5.41, 5.74) is 2.39. The number of aryl methyl sites for hydroxylation is 1. The first-order valence-corrected chi connectivity index (χ1v) is 7.50. The van der Waals surface area contributed by atoms with Gasteiger partial charge in [-0.3, -0.25) is 4.79 Å². The predicted octanol–water partition coefficient (Wildman–Crippen LogP) is 2.45. The molecule has 1 atom stereocenters. The summed E-state index contributed by atoms with van der Waals surface area (Å²) in [6.45, 7) is 7.82. The molecule has 1 amide bonds. The van der Waals surface area contributed by atoms with Crippen LogP contribution in [0.15, 0.2) is 18.2 Å². The number of hydrogen-bond acceptors (Lipinski definition) is 3. The number of nitrogens with zero attached hydrogens (tertiary/aromatic N) is 1. The van der Waals surface area contributed by atoms with Crippen LogP contribution in [0.25, 0.3) is 11.0 Å². The second-order valence-corrected chi connectivity index (χ2v) is 6.25. The van der Waals surface area contributed by atoms with Crippen LogP contribution in [0, 0.1) is 18.3 Å². The fraction of sp³-hybridized carbons (Fsp3) is 0.500. The molecule has 2 aromatic rings. The van der Waals surface area contributed by atoms with Gasteiger partial charge in [0.15, 0.2) is 0 Å². The van der Waals surface area contributed by atoms with E-state index in [9.17, 15) is 4.79 Å². The summed E-state index contributed by atoms with van der Waals surface area (Å²) in [7, 11) is 0. The van der Waals surface area contributed by atoms with Crippen LogP contribution in [0.5, 0.6) is 0 Å². The summed E-state index contributed by atoms with van der Waals surface area (Å²) in [4.78, 5) is 20.3. The fourth-order valence-corrected chi connectivity index (χ4v) is 3.13. The maximum Gasteiger partial charge on any atom is 0.232 e. The van der Waals surface area contributed by atoms with E-state index in [-0.39, 0.29) is 11.3 Å². The zero-order valence-electron chi connectivity index (χ0n) is 12.8. The molecule has 0 saturated carbocycles. The first kappa shape index (κ1) is 14.1. The summed E-state index contributed by atoms with van der Waals surface area (Å²) in [6.07, 6.45) is 0.891. The lowest BCUT2D eigenvalue weighted by Crippen LogP contribution is -2.42. The van der Waals surface area contributed by atoms with Crippen molar-refractivity contribution in [2.24, 2.45) is 11.3 Å². The van der Waals surface area contributed by atoms with Crippen LogP contribution >= 0.6 is 0 Å². The van der Waals surface area contributed by atoms with E-state index in [1.54, 1.807) is 0 Å². The summed E-state index contributed by atoms with van der Waals surface area (Å²) in [5, 5.41) is 6.40. The minimum atomic E-state index is -0.307. The van der Waals surface area contributed by atoms with Gasteiger partial charge in [-0.1, -0.05) is 13.8 Å². The van der Waals surface area contributed by atoms with Gasteiger partial charge in [-0.05, 0) is 44.0 Å². The van der Waals surface area contributed by atoms with Gasteiger partial charge in [0.2, 0.25) is 5.91 Å². The smallest absolute Gasteiger partial charge is 0.232 e. The Hall–Kier alpha value is -1.88. The van der Waals surface area contributed by atoms with Crippen LogP contribution in [0.1, 0.15) is 26.1 Å². The second kappa shape index (κ2) is 5.15. The molecule has 3 rings (SSSR count). The van der Waals surface area contributed by atoms with Gasteiger partial charge in [0.1, 0.15) is 5.82 Å². The normalized spacial score (nSPS) is 22.1. The Morgan fingerprint density at radius 3 is 2.90 bits per heavy atom. The molecule has 2 heterocycles. The average Bonchev–Trinajstić information content (AvgIpc) is 3.04. The molecule has 3 N–H and O–H groups in total. The number of aromatic nitrogens is 2. The number of imidazole rings is 1. The third-order valence-electron chi connectivity index (χ3n) is 4.60. The number of anilines is 1. The Kier molecular flexibility index (Phi) is 3.45. The topological polar surface area (TPSA) is 69.8 Å². The molecule has 0 aliphatic carbocycles. The molecular formula is C16H22N4O. The van der Waals surface area contributed by atoms with Gasteiger partial charge in [0.25, 0.3) is 0 Å². The Balaban J connectivity index is 1.85. The molecule has 0 radical (unpaired) electrons. The molecule has 1 aliphatic heterocycles. The predicted molar refractivity (Wildman–Crippen MR) is 84.2 cm³/mol. The minimum absolute atomic E-state index is 0.109. The van der Waals surface area contributed by atoms with Crippen LogP contribution in [-0.2, 0) is 4.79 Å². The van der Waals surface area contributed by atoms with E-state index in [0.29, 0.717) is 5.92 Å². The van der Waals surface area contributed by atoms with Crippen LogP contribution in [-0.4, -0.2) is 29.0 Å². The highest BCUT2D eigenvalue weighted by molar-refractivity contribution is 5.97. The number of hydrogen-bond donors (Lipinski definition) is 3. The third kappa shape index (κ3) is 2.42. The fourth-order valence-electron chi connectivity index (χ4n) is 3.13. The van der Waals surface area contributed by atoms with Gasteiger partial charge in [-0.2, -0.15) is 0 Å². The molecule has 0 spiro atoms. The number of nitrogens with one attached hydrogen (secondary N) is 3. The van der Waals surface area contributed by atoms with E-state index in [4.69, 9.17) is 0 Å². The molecular weight excluding hydrogens is 264 g/mol. The first-order chi connectivity index (χ1) is 10.0. The standard InChI is InChI=1S/C16H22N4O/c1-10(2)16(6-7-17-9-16)15(21)20-12-4-5-13-14(8-12)19-11(3)18-13/h4-5,8,10,17H,6-7,9H2,1-3H3,(H,18,19)(H,20,21). The average molecular weight is 286 g/mol. The van der Waals surface area contributed by atoms with E-state index < -0.39 is 0 Å². The van der Waals surface area contributed by atoms with Gasteiger partial charge in [-0.25, -0.2) is 4.98 Å². The number of rotatable bonds is 3. The zero-order valence-corrected chi connectivity index (χ0v) is 12.8. The Morgan fingerprint density at radius 2 is 2.24 bits per heavy atom. The van der Waals surface area contributed by atoms with Gasteiger partial charge in [0, 0.05) is 12.2 Å². The summed E-state index contributed by atoms with van der Waals surface area (Å²) >= 11 is 0. The monoisotopic (exact) mass is 286 g/mol. The Morgan fingerprint density at radius 1 is 1.43 bits per heavy atom. The molecule has 1 saturated heterocycles. The van der Waals surface area contributed by atoms with E-state index in [2.05, 4.69) is 34.4 Å². The number of fused-ring (bicyclic) bond motifs is 1. The Bertz CT molecular complexity index is 668. The molecule has 1 aliphatic rings. The summed E-state index contributed by atoms with van der Waals surface area (Å²) < 4.78 is 0.